The third-order valence-electron chi connectivity index (χ3n) is 3.51. The molecule has 3 rings (SSSR count). The van der Waals surface area contributed by atoms with Crippen LogP contribution < -0.4 is 4.90 Å². The minimum Gasteiger partial charge on any atom is -0.311 e. The Hall–Kier alpha value is -1.40. The Morgan fingerprint density at radius 1 is 1.38 bits per heavy atom. The maximum Gasteiger partial charge on any atom is 0.240 e. The maximum absolute atomic E-state index is 12.7. The summed E-state index contributed by atoms with van der Waals surface area (Å²) in [5.74, 6) is 0.153. The number of thioether (sulfide) groups is 1. The van der Waals surface area contributed by atoms with E-state index in [9.17, 15) is 4.79 Å². The van der Waals surface area contributed by atoms with E-state index in [0.29, 0.717) is 0 Å². The average molecular weight is 319 g/mol. The van der Waals surface area contributed by atoms with Crippen LogP contribution in [-0.4, -0.2) is 27.9 Å². The summed E-state index contributed by atoms with van der Waals surface area (Å²) >= 11 is 3.03. The molecule has 110 valence electrons. The zero-order chi connectivity index (χ0) is 14.8. The van der Waals surface area contributed by atoms with Gasteiger partial charge in [0.1, 0.15) is 5.01 Å². The predicted octanol–water partition coefficient (Wildman–Crippen LogP) is 3.31. The molecule has 0 unspecified atom stereocenters. The van der Waals surface area contributed by atoms with Crippen LogP contribution >= 0.6 is 23.1 Å². The third-order valence-corrected chi connectivity index (χ3v) is 5.52. The van der Waals surface area contributed by atoms with E-state index in [1.54, 1.807) is 0 Å². The van der Waals surface area contributed by atoms with Crippen molar-refractivity contribution >= 4 is 34.7 Å². The van der Waals surface area contributed by atoms with E-state index >= 15 is 0 Å². The van der Waals surface area contributed by atoms with Crippen LogP contribution in [-0.2, 0) is 11.2 Å². The minimum atomic E-state index is -0.150. The van der Waals surface area contributed by atoms with Gasteiger partial charge in [0.05, 0.1) is 5.25 Å². The van der Waals surface area contributed by atoms with E-state index in [2.05, 4.69) is 16.3 Å². The second kappa shape index (κ2) is 6.15. The average Bonchev–Trinajstić information content (AvgIpc) is 2.91. The monoisotopic (exact) mass is 319 g/mol. The first kappa shape index (κ1) is 14.5. The Labute approximate surface area is 132 Å². The summed E-state index contributed by atoms with van der Waals surface area (Å²) in [6.45, 7) is 4.67. The van der Waals surface area contributed by atoms with E-state index in [-0.39, 0.29) is 11.2 Å². The van der Waals surface area contributed by atoms with Gasteiger partial charge in [0.25, 0.3) is 0 Å². The Balaban J connectivity index is 1.76. The molecule has 0 radical (unpaired) electrons. The van der Waals surface area contributed by atoms with Crippen LogP contribution in [0.4, 0.5) is 5.69 Å². The number of rotatable bonds is 3. The second-order valence-corrected chi connectivity index (χ2v) is 7.84. The summed E-state index contributed by atoms with van der Waals surface area (Å²) in [6, 6.07) is 8.19. The van der Waals surface area contributed by atoms with E-state index in [1.807, 2.05) is 36.9 Å². The summed E-state index contributed by atoms with van der Waals surface area (Å²) in [7, 11) is 0. The molecule has 1 aliphatic rings. The Bertz CT molecular complexity index is 656. The fourth-order valence-corrected chi connectivity index (χ4v) is 4.53. The lowest BCUT2D eigenvalue weighted by molar-refractivity contribution is -0.117. The summed E-state index contributed by atoms with van der Waals surface area (Å²) in [5.41, 5.74) is 2.33. The van der Waals surface area contributed by atoms with Crippen molar-refractivity contribution in [2.24, 2.45) is 0 Å². The van der Waals surface area contributed by atoms with Crippen LogP contribution in [0.25, 0.3) is 0 Å². The number of anilines is 1. The van der Waals surface area contributed by atoms with Gasteiger partial charge in [-0.05, 0) is 38.3 Å². The van der Waals surface area contributed by atoms with Crippen LogP contribution in [0.5, 0.6) is 0 Å². The Kier molecular flexibility index (Phi) is 4.26. The maximum atomic E-state index is 12.7. The van der Waals surface area contributed by atoms with Gasteiger partial charge in [0.2, 0.25) is 5.91 Å². The number of carbonyl (C=O) groups is 1. The van der Waals surface area contributed by atoms with Crippen molar-refractivity contribution in [1.82, 2.24) is 10.2 Å². The largest absolute Gasteiger partial charge is 0.311 e. The highest BCUT2D eigenvalue weighted by Crippen LogP contribution is 2.31. The number of fused-ring (bicyclic) bond motifs is 1. The number of amides is 1. The Morgan fingerprint density at radius 2 is 2.19 bits per heavy atom. The van der Waals surface area contributed by atoms with Crippen molar-refractivity contribution < 1.29 is 4.79 Å². The quantitative estimate of drug-likeness (QED) is 0.814. The fraction of sp³-hybridized carbons (Fsp3) is 0.400. The van der Waals surface area contributed by atoms with Crippen molar-refractivity contribution in [3.63, 3.8) is 0 Å². The standard InChI is InChI=1S/C15H17N3OS2/c1-10(20-15-17-16-11(2)21-15)14(19)18-9-5-7-12-6-3-4-8-13(12)18/h3-4,6,8,10H,5,7,9H2,1-2H3/t10-/m0/s1. The van der Waals surface area contributed by atoms with Crippen LogP contribution in [0, 0.1) is 6.92 Å². The van der Waals surface area contributed by atoms with Gasteiger partial charge in [-0.2, -0.15) is 0 Å². The Morgan fingerprint density at radius 3 is 2.95 bits per heavy atom. The van der Waals surface area contributed by atoms with Gasteiger partial charge in [-0.25, -0.2) is 0 Å². The molecule has 0 N–H and O–H groups in total. The van der Waals surface area contributed by atoms with Gasteiger partial charge in [-0.3, -0.25) is 4.79 Å². The number of hydrogen-bond donors (Lipinski definition) is 0. The van der Waals surface area contributed by atoms with Crippen LogP contribution in [0.15, 0.2) is 28.6 Å². The lowest BCUT2D eigenvalue weighted by atomic mass is 10.0. The molecule has 0 bridgehead atoms. The number of aryl methyl sites for hydroxylation is 2. The number of aromatic nitrogens is 2. The molecule has 21 heavy (non-hydrogen) atoms. The smallest absolute Gasteiger partial charge is 0.240 e. The third kappa shape index (κ3) is 3.11. The first-order valence-electron chi connectivity index (χ1n) is 7.01. The molecule has 0 saturated carbocycles. The van der Waals surface area contributed by atoms with Crippen molar-refractivity contribution in [1.29, 1.82) is 0 Å². The molecule has 2 aromatic rings. The number of carbonyl (C=O) groups excluding carboxylic acids is 1. The molecule has 1 atom stereocenters. The topological polar surface area (TPSA) is 46.1 Å². The summed E-state index contributed by atoms with van der Waals surface area (Å²) < 4.78 is 0.860. The first-order chi connectivity index (χ1) is 10.1. The van der Waals surface area contributed by atoms with Crippen LogP contribution in [0.2, 0.25) is 0 Å². The number of benzene rings is 1. The summed E-state index contributed by atoms with van der Waals surface area (Å²) in [6.07, 6.45) is 2.08. The highest BCUT2D eigenvalue weighted by Gasteiger charge is 2.27. The molecule has 1 amide bonds. The highest BCUT2D eigenvalue weighted by atomic mass is 32.2. The molecular formula is C15H17N3OS2. The van der Waals surface area contributed by atoms with Crippen LogP contribution in [0.3, 0.4) is 0 Å². The first-order valence-corrected chi connectivity index (χ1v) is 8.71. The lowest BCUT2D eigenvalue weighted by Crippen LogP contribution is -2.40. The van der Waals surface area contributed by atoms with Crippen molar-refractivity contribution in [2.45, 2.75) is 36.3 Å². The molecule has 1 aliphatic heterocycles. The molecule has 1 aromatic carbocycles. The molecule has 0 aliphatic carbocycles. The second-order valence-electron chi connectivity index (χ2n) is 5.07. The van der Waals surface area contributed by atoms with E-state index in [4.69, 9.17) is 0 Å². The molecule has 6 heteroatoms. The predicted molar refractivity (Wildman–Crippen MR) is 87.1 cm³/mol. The molecule has 1 aromatic heterocycles. The van der Waals surface area contributed by atoms with Gasteiger partial charge in [0, 0.05) is 12.2 Å². The van der Waals surface area contributed by atoms with E-state index in [0.717, 1.165) is 34.4 Å². The number of hydrogen-bond acceptors (Lipinski definition) is 5. The fourth-order valence-electron chi connectivity index (χ4n) is 2.51. The van der Waals surface area contributed by atoms with Crippen LogP contribution in [0.1, 0.15) is 23.9 Å². The van der Waals surface area contributed by atoms with Gasteiger partial charge in [0.15, 0.2) is 4.34 Å². The van der Waals surface area contributed by atoms with E-state index in [1.165, 1.54) is 28.7 Å². The lowest BCUT2D eigenvalue weighted by Gasteiger charge is -2.31. The zero-order valence-electron chi connectivity index (χ0n) is 12.1. The summed E-state index contributed by atoms with van der Waals surface area (Å²) in [5, 5.41) is 8.87. The van der Waals surface area contributed by atoms with Crippen molar-refractivity contribution in [3.8, 4) is 0 Å². The zero-order valence-corrected chi connectivity index (χ0v) is 13.7. The molecule has 0 spiro atoms. The number of para-hydroxylation sites is 1. The van der Waals surface area contributed by atoms with Crippen molar-refractivity contribution in [3.05, 3.63) is 34.8 Å². The molecule has 0 saturated heterocycles. The van der Waals surface area contributed by atoms with Crippen molar-refractivity contribution in [2.75, 3.05) is 11.4 Å². The highest BCUT2D eigenvalue weighted by molar-refractivity contribution is 8.02. The van der Waals surface area contributed by atoms with Gasteiger partial charge in [-0.15, -0.1) is 10.2 Å². The molecule has 2 heterocycles. The molecule has 0 fully saturated rings. The summed E-state index contributed by atoms with van der Waals surface area (Å²) in [4.78, 5) is 14.7. The molecular weight excluding hydrogens is 302 g/mol. The number of nitrogens with zero attached hydrogens (tertiary/aromatic N) is 3. The minimum absolute atomic E-state index is 0.150. The van der Waals surface area contributed by atoms with E-state index < -0.39 is 0 Å². The van der Waals surface area contributed by atoms with Gasteiger partial charge >= 0.3 is 0 Å². The van der Waals surface area contributed by atoms with Gasteiger partial charge in [-0.1, -0.05) is 41.3 Å². The molecule has 4 nitrogen and oxygen atoms in total. The van der Waals surface area contributed by atoms with Gasteiger partial charge < -0.3 is 4.90 Å². The normalized spacial score (nSPS) is 15.6. The SMILES string of the molecule is Cc1nnc(S[C@@H](C)C(=O)N2CCCc3ccccc32)s1.